The predicted molar refractivity (Wildman–Crippen MR) is 78.1 cm³/mol. The minimum Gasteiger partial charge on any atom is -0.364 e. The second-order valence-corrected chi connectivity index (χ2v) is 5.35. The van der Waals surface area contributed by atoms with Gasteiger partial charge in [-0.3, -0.25) is 4.90 Å². The zero-order valence-electron chi connectivity index (χ0n) is 11.8. The van der Waals surface area contributed by atoms with E-state index in [1.165, 1.54) is 11.3 Å². The molecular weight excluding hydrogens is 222 g/mol. The Kier molecular flexibility index (Phi) is 4.25. The summed E-state index contributed by atoms with van der Waals surface area (Å²) >= 11 is 0. The molecule has 0 radical (unpaired) electrons. The highest BCUT2D eigenvalue weighted by molar-refractivity contribution is 5.49. The molecule has 2 N–H and O–H groups in total. The van der Waals surface area contributed by atoms with E-state index >= 15 is 0 Å². The Labute approximate surface area is 111 Å². The van der Waals surface area contributed by atoms with Gasteiger partial charge in [-0.1, -0.05) is 19.1 Å². The number of rotatable bonds is 3. The lowest BCUT2D eigenvalue weighted by Gasteiger charge is -2.44. The van der Waals surface area contributed by atoms with Crippen molar-refractivity contribution in [3.8, 4) is 0 Å². The second kappa shape index (κ2) is 5.72. The minimum atomic E-state index is 0.429. The molecule has 0 aromatic heterocycles. The van der Waals surface area contributed by atoms with Gasteiger partial charge < -0.3 is 10.6 Å². The fourth-order valence-corrected chi connectivity index (χ4v) is 2.63. The van der Waals surface area contributed by atoms with Crippen molar-refractivity contribution in [3.05, 3.63) is 29.8 Å². The molecule has 0 bridgehead atoms. The molecular formula is C15H25N3. The number of piperazine rings is 1. The van der Waals surface area contributed by atoms with E-state index in [1.54, 1.807) is 0 Å². The first-order valence-electron chi connectivity index (χ1n) is 6.91. The van der Waals surface area contributed by atoms with Gasteiger partial charge >= 0.3 is 0 Å². The number of aryl methyl sites for hydroxylation is 1. The molecule has 1 saturated heterocycles. The zero-order chi connectivity index (χ0) is 13.1. The highest BCUT2D eigenvalue weighted by atomic mass is 15.3. The molecule has 1 heterocycles. The van der Waals surface area contributed by atoms with Gasteiger partial charge in [-0.25, -0.2) is 0 Å². The fourth-order valence-electron chi connectivity index (χ4n) is 2.63. The van der Waals surface area contributed by atoms with Gasteiger partial charge in [0.1, 0.15) is 0 Å². The fraction of sp³-hybridized carbons (Fsp3) is 0.600. The molecule has 0 aliphatic carbocycles. The van der Waals surface area contributed by atoms with E-state index in [0.717, 1.165) is 19.5 Å². The second-order valence-electron chi connectivity index (χ2n) is 5.35. The van der Waals surface area contributed by atoms with Crippen LogP contribution >= 0.6 is 0 Å². The van der Waals surface area contributed by atoms with Gasteiger partial charge in [-0.2, -0.15) is 0 Å². The van der Waals surface area contributed by atoms with Crippen molar-refractivity contribution in [2.24, 2.45) is 5.73 Å². The third kappa shape index (κ3) is 2.68. The van der Waals surface area contributed by atoms with Crippen LogP contribution in [0.2, 0.25) is 0 Å². The molecule has 3 nitrogen and oxygen atoms in total. The molecule has 2 atom stereocenters. The molecule has 18 heavy (non-hydrogen) atoms. The van der Waals surface area contributed by atoms with E-state index in [2.05, 4.69) is 55.0 Å². The van der Waals surface area contributed by atoms with E-state index in [4.69, 9.17) is 5.73 Å². The molecule has 1 fully saturated rings. The highest BCUT2D eigenvalue weighted by Gasteiger charge is 2.28. The lowest BCUT2D eigenvalue weighted by Crippen LogP contribution is -2.58. The first-order valence-corrected chi connectivity index (χ1v) is 6.91. The third-order valence-corrected chi connectivity index (χ3v) is 4.10. The summed E-state index contributed by atoms with van der Waals surface area (Å²) in [5.41, 5.74) is 8.63. The molecule has 1 aromatic carbocycles. The van der Waals surface area contributed by atoms with Crippen LogP contribution in [0, 0.1) is 0 Å². The summed E-state index contributed by atoms with van der Waals surface area (Å²) in [6.45, 7) is 7.29. The maximum atomic E-state index is 5.93. The smallest absolute Gasteiger partial charge is 0.0540 e. The monoisotopic (exact) mass is 247 g/mol. The Balaban J connectivity index is 2.18. The van der Waals surface area contributed by atoms with Crippen molar-refractivity contribution in [1.29, 1.82) is 0 Å². The third-order valence-electron chi connectivity index (χ3n) is 4.10. The molecule has 2 rings (SSSR count). The SMILES string of the molecule is CCc1ccc(N2CC(C)N(C)CC2CN)cc1. The number of anilines is 1. The molecule has 1 aliphatic rings. The van der Waals surface area contributed by atoms with Crippen LogP contribution in [0.3, 0.4) is 0 Å². The van der Waals surface area contributed by atoms with Crippen molar-refractivity contribution in [3.63, 3.8) is 0 Å². The summed E-state index contributed by atoms with van der Waals surface area (Å²) in [6, 6.07) is 9.94. The van der Waals surface area contributed by atoms with Crippen molar-refractivity contribution < 1.29 is 0 Å². The number of likely N-dealkylation sites (N-methyl/N-ethyl adjacent to an activating group) is 1. The van der Waals surface area contributed by atoms with Crippen LogP contribution in [-0.4, -0.2) is 43.7 Å². The summed E-state index contributed by atoms with van der Waals surface area (Å²) in [6.07, 6.45) is 1.10. The lowest BCUT2D eigenvalue weighted by molar-refractivity contribution is 0.202. The van der Waals surface area contributed by atoms with Gasteiger partial charge in [0, 0.05) is 31.4 Å². The highest BCUT2D eigenvalue weighted by Crippen LogP contribution is 2.22. The maximum Gasteiger partial charge on any atom is 0.0540 e. The number of nitrogens with zero attached hydrogens (tertiary/aromatic N) is 2. The molecule has 2 unspecified atom stereocenters. The number of hydrogen-bond donors (Lipinski definition) is 1. The Morgan fingerprint density at radius 1 is 1.22 bits per heavy atom. The topological polar surface area (TPSA) is 32.5 Å². The molecule has 0 saturated carbocycles. The van der Waals surface area contributed by atoms with Gasteiger partial charge in [0.05, 0.1) is 6.04 Å². The zero-order valence-corrected chi connectivity index (χ0v) is 11.8. The summed E-state index contributed by atoms with van der Waals surface area (Å²) in [4.78, 5) is 4.86. The predicted octanol–water partition coefficient (Wildman–Crippen LogP) is 1.72. The maximum absolute atomic E-state index is 5.93. The van der Waals surface area contributed by atoms with E-state index in [-0.39, 0.29) is 0 Å². The van der Waals surface area contributed by atoms with Gasteiger partial charge in [0.15, 0.2) is 0 Å². The molecule has 1 aromatic rings. The summed E-state index contributed by atoms with van der Waals surface area (Å²) in [7, 11) is 2.19. The Bertz CT molecular complexity index is 374. The van der Waals surface area contributed by atoms with Gasteiger partial charge in [0.25, 0.3) is 0 Å². The average molecular weight is 247 g/mol. The van der Waals surface area contributed by atoms with Crippen LogP contribution in [0.5, 0.6) is 0 Å². The standard InChI is InChI=1S/C15H25N3/c1-4-13-5-7-14(8-6-13)18-10-12(2)17(3)11-15(18)9-16/h5-8,12,15H,4,9-11,16H2,1-3H3. The number of benzene rings is 1. The van der Waals surface area contributed by atoms with Crippen LogP contribution in [0.25, 0.3) is 0 Å². The molecule has 1 aliphatic heterocycles. The van der Waals surface area contributed by atoms with Crippen molar-refractivity contribution in [2.45, 2.75) is 32.4 Å². The molecule has 0 amide bonds. The van der Waals surface area contributed by atoms with Crippen LogP contribution in [0.1, 0.15) is 19.4 Å². The van der Waals surface area contributed by atoms with E-state index < -0.39 is 0 Å². The normalized spacial score (nSPS) is 25.4. The van der Waals surface area contributed by atoms with Gasteiger partial charge in [-0.05, 0) is 38.1 Å². The van der Waals surface area contributed by atoms with Crippen LogP contribution in [-0.2, 0) is 6.42 Å². The van der Waals surface area contributed by atoms with Crippen LogP contribution in [0.15, 0.2) is 24.3 Å². The Morgan fingerprint density at radius 2 is 1.89 bits per heavy atom. The first-order chi connectivity index (χ1) is 8.65. The van der Waals surface area contributed by atoms with Crippen molar-refractivity contribution in [2.75, 3.05) is 31.6 Å². The van der Waals surface area contributed by atoms with Crippen LogP contribution < -0.4 is 10.6 Å². The molecule has 3 heteroatoms. The molecule has 0 spiro atoms. The van der Waals surface area contributed by atoms with Crippen molar-refractivity contribution in [1.82, 2.24) is 4.90 Å². The van der Waals surface area contributed by atoms with Gasteiger partial charge in [-0.15, -0.1) is 0 Å². The quantitative estimate of drug-likeness (QED) is 0.882. The molecule has 100 valence electrons. The van der Waals surface area contributed by atoms with E-state index in [0.29, 0.717) is 18.6 Å². The Hall–Kier alpha value is -1.06. The minimum absolute atomic E-state index is 0.429. The average Bonchev–Trinajstić information content (AvgIpc) is 2.41. The van der Waals surface area contributed by atoms with Gasteiger partial charge in [0.2, 0.25) is 0 Å². The van der Waals surface area contributed by atoms with Crippen molar-refractivity contribution >= 4 is 5.69 Å². The Morgan fingerprint density at radius 3 is 2.44 bits per heavy atom. The summed E-state index contributed by atoms with van der Waals surface area (Å²) < 4.78 is 0. The lowest BCUT2D eigenvalue weighted by atomic mass is 10.1. The van der Waals surface area contributed by atoms with E-state index in [9.17, 15) is 0 Å². The number of nitrogens with two attached hydrogens (primary N) is 1. The first kappa shape index (κ1) is 13.4. The number of hydrogen-bond acceptors (Lipinski definition) is 3. The summed E-state index contributed by atoms with van der Waals surface area (Å²) in [5.74, 6) is 0. The van der Waals surface area contributed by atoms with Crippen LogP contribution in [0.4, 0.5) is 5.69 Å². The van der Waals surface area contributed by atoms with E-state index in [1.807, 2.05) is 0 Å². The summed E-state index contributed by atoms with van der Waals surface area (Å²) in [5, 5.41) is 0. The largest absolute Gasteiger partial charge is 0.364 e.